The van der Waals surface area contributed by atoms with Crippen LogP contribution in [0.15, 0.2) is 12.4 Å². The molecule has 1 aromatic rings. The molecule has 1 atom stereocenters. The van der Waals surface area contributed by atoms with Gasteiger partial charge in [-0.3, -0.25) is 0 Å². The van der Waals surface area contributed by atoms with Gasteiger partial charge in [0.15, 0.2) is 0 Å². The summed E-state index contributed by atoms with van der Waals surface area (Å²) in [7, 11) is -3.15. The predicted octanol–water partition coefficient (Wildman–Crippen LogP) is 4.25. The van der Waals surface area contributed by atoms with Crippen LogP contribution in [-0.4, -0.2) is 73.5 Å². The first-order valence-corrected chi connectivity index (χ1v) is 14.5. The molecule has 0 spiro atoms. The fourth-order valence-electron chi connectivity index (χ4n) is 4.94. The lowest BCUT2D eigenvalue weighted by molar-refractivity contribution is 0.0689. The quantitative estimate of drug-likeness (QED) is 0.331. The maximum atomic E-state index is 12.3. The minimum Gasteiger partial charge on any atom is -0.381 e. The molecule has 192 valence electrons. The first-order chi connectivity index (χ1) is 16.3. The van der Waals surface area contributed by atoms with E-state index in [1.807, 2.05) is 0 Å². The summed E-state index contributed by atoms with van der Waals surface area (Å²) in [6.07, 6.45) is 11.7. The van der Waals surface area contributed by atoms with Gasteiger partial charge in [-0.15, -0.1) is 0 Å². The lowest BCUT2D eigenvalue weighted by atomic mass is 9.84. The molecule has 2 aliphatic heterocycles. The van der Waals surface area contributed by atoms with E-state index in [4.69, 9.17) is 21.7 Å². The van der Waals surface area contributed by atoms with Gasteiger partial charge in [0.25, 0.3) is 0 Å². The first-order valence-electron chi connectivity index (χ1n) is 12.6. The summed E-state index contributed by atoms with van der Waals surface area (Å²) in [5.41, 5.74) is 0. The molecule has 3 rings (SSSR count). The SMILES string of the molecule is CC(C)S(=O)(=O)N1CCC(COCC[C@H](CC=N)CC2CCN(c3ncc(Cl)cn3)CC2)CC1. The zero-order valence-electron chi connectivity index (χ0n) is 20.5. The fourth-order valence-corrected chi connectivity index (χ4v) is 6.35. The Balaban J connectivity index is 1.33. The second-order valence-electron chi connectivity index (χ2n) is 9.97. The van der Waals surface area contributed by atoms with Crippen molar-refractivity contribution in [2.75, 3.05) is 44.3 Å². The molecule has 0 aliphatic carbocycles. The standard InChI is InChI=1S/C24H40ClN5O3S/c1-19(2)34(31,32)30-12-6-22(7-13-30)18-33-14-8-20(3-9-26)15-21-4-10-29(11-5-21)24-27-16-23(25)17-28-24/h9,16-17,19-22,26H,3-8,10-15,18H2,1-2H3/t20-/m0/s1. The van der Waals surface area contributed by atoms with Gasteiger partial charge in [0.05, 0.1) is 22.7 Å². The van der Waals surface area contributed by atoms with Gasteiger partial charge in [-0.2, -0.15) is 0 Å². The van der Waals surface area contributed by atoms with E-state index in [1.54, 1.807) is 30.5 Å². The second kappa shape index (κ2) is 13.1. The Hall–Kier alpha value is -1.29. The molecule has 0 amide bonds. The number of hydrogen-bond donors (Lipinski definition) is 1. The highest BCUT2D eigenvalue weighted by Crippen LogP contribution is 2.29. The summed E-state index contributed by atoms with van der Waals surface area (Å²) in [4.78, 5) is 10.9. The average Bonchev–Trinajstić information content (AvgIpc) is 2.83. The molecular weight excluding hydrogens is 474 g/mol. The van der Waals surface area contributed by atoms with Crippen LogP contribution in [0.5, 0.6) is 0 Å². The van der Waals surface area contributed by atoms with Crippen molar-refractivity contribution >= 4 is 33.8 Å². The number of sulfonamides is 1. The van der Waals surface area contributed by atoms with Crippen LogP contribution in [0.1, 0.15) is 58.8 Å². The molecule has 1 aromatic heterocycles. The Morgan fingerprint density at radius 2 is 1.74 bits per heavy atom. The number of anilines is 1. The summed E-state index contributed by atoms with van der Waals surface area (Å²) in [6, 6.07) is 0. The lowest BCUT2D eigenvalue weighted by Crippen LogP contribution is -2.42. The van der Waals surface area contributed by atoms with Crippen LogP contribution in [0.3, 0.4) is 0 Å². The monoisotopic (exact) mass is 513 g/mol. The number of aromatic nitrogens is 2. The number of nitrogens with one attached hydrogen (secondary N) is 1. The smallest absolute Gasteiger partial charge is 0.225 e. The van der Waals surface area contributed by atoms with E-state index in [0.717, 1.165) is 64.0 Å². The molecule has 0 bridgehead atoms. The van der Waals surface area contributed by atoms with E-state index in [2.05, 4.69) is 14.9 Å². The number of piperidine rings is 2. The number of rotatable bonds is 12. The van der Waals surface area contributed by atoms with Gasteiger partial charge in [0.1, 0.15) is 0 Å². The highest BCUT2D eigenvalue weighted by molar-refractivity contribution is 7.89. The Morgan fingerprint density at radius 3 is 2.32 bits per heavy atom. The molecule has 2 aliphatic rings. The van der Waals surface area contributed by atoms with Crippen molar-refractivity contribution < 1.29 is 13.2 Å². The van der Waals surface area contributed by atoms with Gasteiger partial charge in [-0.25, -0.2) is 22.7 Å². The van der Waals surface area contributed by atoms with Crippen LogP contribution < -0.4 is 4.90 Å². The Bertz CT molecular complexity index is 852. The summed E-state index contributed by atoms with van der Waals surface area (Å²) in [5, 5.41) is 7.80. The number of nitrogens with zero attached hydrogens (tertiary/aromatic N) is 4. The van der Waals surface area contributed by atoms with Crippen molar-refractivity contribution in [3.05, 3.63) is 17.4 Å². The number of hydrogen-bond acceptors (Lipinski definition) is 7. The normalized spacial score (nSPS) is 20.1. The van der Waals surface area contributed by atoms with Crippen LogP contribution in [0.4, 0.5) is 5.95 Å². The third-order valence-corrected chi connectivity index (χ3v) is 9.65. The van der Waals surface area contributed by atoms with Gasteiger partial charge in [-0.05, 0) is 82.8 Å². The molecule has 0 aromatic carbocycles. The Labute approximate surface area is 210 Å². The molecule has 1 N–H and O–H groups in total. The molecule has 2 saturated heterocycles. The van der Waals surface area contributed by atoms with Crippen LogP contribution in [0.2, 0.25) is 5.02 Å². The third kappa shape index (κ3) is 7.86. The van der Waals surface area contributed by atoms with Gasteiger partial charge in [0.2, 0.25) is 16.0 Å². The topological polar surface area (TPSA) is 99.5 Å². The van der Waals surface area contributed by atoms with Gasteiger partial charge in [-0.1, -0.05) is 11.6 Å². The van der Waals surface area contributed by atoms with E-state index in [0.29, 0.717) is 49.1 Å². The van der Waals surface area contributed by atoms with Gasteiger partial charge < -0.3 is 15.0 Å². The van der Waals surface area contributed by atoms with Crippen LogP contribution in [-0.2, 0) is 14.8 Å². The van der Waals surface area contributed by atoms with Crippen molar-refractivity contribution in [2.24, 2.45) is 17.8 Å². The molecule has 8 nitrogen and oxygen atoms in total. The Morgan fingerprint density at radius 1 is 1.12 bits per heavy atom. The van der Waals surface area contributed by atoms with E-state index < -0.39 is 10.0 Å². The third-order valence-electron chi connectivity index (χ3n) is 7.18. The molecule has 2 fully saturated rings. The van der Waals surface area contributed by atoms with Crippen molar-refractivity contribution in [2.45, 2.75) is 64.0 Å². The average molecular weight is 514 g/mol. The summed E-state index contributed by atoms with van der Waals surface area (Å²) >= 11 is 5.89. The zero-order valence-corrected chi connectivity index (χ0v) is 22.1. The van der Waals surface area contributed by atoms with Crippen molar-refractivity contribution in [1.82, 2.24) is 14.3 Å². The van der Waals surface area contributed by atoms with Crippen LogP contribution >= 0.6 is 11.6 Å². The molecule has 34 heavy (non-hydrogen) atoms. The van der Waals surface area contributed by atoms with Crippen LogP contribution in [0, 0.1) is 23.2 Å². The predicted molar refractivity (Wildman–Crippen MR) is 137 cm³/mol. The largest absolute Gasteiger partial charge is 0.381 e. The minimum absolute atomic E-state index is 0.357. The van der Waals surface area contributed by atoms with E-state index in [1.165, 1.54) is 6.21 Å². The maximum Gasteiger partial charge on any atom is 0.225 e. The highest BCUT2D eigenvalue weighted by Gasteiger charge is 2.30. The molecular formula is C24H40ClN5O3S. The van der Waals surface area contributed by atoms with Gasteiger partial charge in [0, 0.05) is 39.4 Å². The molecule has 0 saturated carbocycles. The van der Waals surface area contributed by atoms with E-state index in [-0.39, 0.29) is 5.25 Å². The first kappa shape index (κ1) is 27.3. The zero-order chi connectivity index (χ0) is 24.6. The minimum atomic E-state index is -3.15. The fraction of sp³-hybridized carbons (Fsp3) is 0.792. The van der Waals surface area contributed by atoms with Crippen molar-refractivity contribution in [3.8, 4) is 0 Å². The second-order valence-corrected chi connectivity index (χ2v) is 12.9. The van der Waals surface area contributed by atoms with Crippen molar-refractivity contribution in [3.63, 3.8) is 0 Å². The molecule has 0 radical (unpaired) electrons. The van der Waals surface area contributed by atoms with Gasteiger partial charge >= 0.3 is 0 Å². The van der Waals surface area contributed by atoms with E-state index >= 15 is 0 Å². The van der Waals surface area contributed by atoms with Crippen molar-refractivity contribution in [1.29, 1.82) is 5.41 Å². The summed E-state index contributed by atoms with van der Waals surface area (Å²) in [6.45, 7) is 8.00. The summed E-state index contributed by atoms with van der Waals surface area (Å²) < 4.78 is 32.3. The Kier molecular flexibility index (Phi) is 10.5. The number of ether oxygens (including phenoxy) is 1. The highest BCUT2D eigenvalue weighted by atomic mass is 35.5. The molecule has 10 heteroatoms. The lowest BCUT2D eigenvalue weighted by Gasteiger charge is -2.33. The molecule has 0 unspecified atom stereocenters. The molecule has 3 heterocycles. The van der Waals surface area contributed by atoms with Crippen LogP contribution in [0.25, 0.3) is 0 Å². The number of halogens is 1. The summed E-state index contributed by atoms with van der Waals surface area (Å²) in [5.74, 6) is 2.30. The van der Waals surface area contributed by atoms with E-state index in [9.17, 15) is 8.42 Å². The maximum absolute atomic E-state index is 12.3.